The van der Waals surface area contributed by atoms with Crippen molar-refractivity contribution in [3.05, 3.63) is 0 Å². The molecule has 52 valence electrons. The van der Waals surface area contributed by atoms with Crippen LogP contribution in [0.2, 0.25) is 0 Å². The monoisotopic (exact) mass is 690 g/mol. The summed E-state index contributed by atoms with van der Waals surface area (Å²) in [6.45, 7) is 0. The zero-order chi connectivity index (χ0) is 0. The Balaban J connectivity index is 0. The van der Waals surface area contributed by atoms with Gasteiger partial charge in [0, 0.05) is 0 Å². The van der Waals surface area contributed by atoms with Crippen LogP contribution >= 0.6 is 0 Å². The summed E-state index contributed by atoms with van der Waals surface area (Å²) in [4.78, 5) is 0. The van der Waals surface area contributed by atoms with Gasteiger partial charge in [-0.25, -0.2) is 0 Å². The molecule has 0 aliphatic rings. The molecule has 0 aromatic carbocycles. The molecule has 0 aliphatic carbocycles. The van der Waals surface area contributed by atoms with Crippen LogP contribution in [-0.4, -0.2) is 0 Å². The molecule has 0 atom stereocenters. The SMILES string of the molecule is [Hg+2].[Hg+2].[O-2].[O-2].[O-2].[O-2].[O-2].[Rh+3].[Rh+3]. The average Bonchev–Trinajstić information content (AvgIpc) is 0. The Kier molecular flexibility index (Phi) is 2340. The standard InChI is InChI=1S/2Hg.5O.2Rh/q2*+2;5*-2;2*+3. The van der Waals surface area contributed by atoms with E-state index in [1.807, 2.05) is 0 Å². The Morgan fingerprint density at radius 3 is 0.333 bits per heavy atom. The zero-order valence-electron chi connectivity index (χ0n) is 4.12. The van der Waals surface area contributed by atoms with Crippen LogP contribution in [0.25, 0.3) is 0 Å². The molecule has 0 bridgehead atoms. The van der Waals surface area contributed by atoms with Gasteiger partial charge < -0.3 is 27.4 Å². The van der Waals surface area contributed by atoms with E-state index in [1.165, 1.54) is 0 Å². The number of hydrogen-bond donors (Lipinski definition) is 0. The van der Waals surface area contributed by atoms with Crippen molar-refractivity contribution in [1.29, 1.82) is 0 Å². The maximum atomic E-state index is 0. The molecule has 0 N–H and O–H groups in total. The molecule has 0 spiro atoms. The third kappa shape index (κ3) is 102. The fraction of sp³-hybridized carbons (Fsp3) is 0. The maximum absolute atomic E-state index is 0. The Morgan fingerprint density at radius 2 is 0.333 bits per heavy atom. The van der Waals surface area contributed by atoms with E-state index in [0.29, 0.717) is 0 Å². The third-order valence-electron chi connectivity index (χ3n) is 0. The summed E-state index contributed by atoms with van der Waals surface area (Å²) in [5, 5.41) is 0. The van der Waals surface area contributed by atoms with Crippen molar-refractivity contribution in [2.24, 2.45) is 0 Å². The summed E-state index contributed by atoms with van der Waals surface area (Å²) < 4.78 is 0. The predicted octanol–water partition coefficient (Wildman–Crippen LogP) is -0.604. The van der Waals surface area contributed by atoms with E-state index in [9.17, 15) is 0 Å². The van der Waals surface area contributed by atoms with Gasteiger partial charge in [-0.1, -0.05) is 0 Å². The molecule has 0 radical (unpaired) electrons. The number of hydrogen-bond acceptors (Lipinski definition) is 0. The Bertz CT molecular complexity index is 12.9. The largest absolute Gasteiger partial charge is 3.00 e. The van der Waals surface area contributed by atoms with E-state index in [2.05, 4.69) is 0 Å². The molecule has 0 fully saturated rings. The van der Waals surface area contributed by atoms with E-state index in [4.69, 9.17) is 0 Å². The van der Waals surface area contributed by atoms with Gasteiger partial charge in [0.15, 0.2) is 0 Å². The van der Waals surface area contributed by atoms with Crippen LogP contribution in [0, 0.1) is 0 Å². The van der Waals surface area contributed by atoms with Gasteiger partial charge in [-0.15, -0.1) is 0 Å². The van der Waals surface area contributed by atoms with Gasteiger partial charge in [-0.05, 0) is 0 Å². The minimum atomic E-state index is 0. The minimum absolute atomic E-state index is 0. The van der Waals surface area contributed by atoms with Gasteiger partial charge in [0.05, 0.1) is 0 Å². The average molecular weight is 687 g/mol. The maximum Gasteiger partial charge on any atom is 3.00 e. The van der Waals surface area contributed by atoms with E-state index < -0.39 is 0 Å². The molecule has 0 saturated carbocycles. The van der Waals surface area contributed by atoms with Crippen LogP contribution in [-0.2, 0) is 122 Å². The van der Waals surface area contributed by atoms with Crippen LogP contribution in [0.1, 0.15) is 0 Å². The Labute approximate surface area is 120 Å². The smallest absolute Gasteiger partial charge is 2.00 e. The van der Waals surface area contributed by atoms with Gasteiger partial charge in [0.2, 0.25) is 0 Å². The van der Waals surface area contributed by atoms with Crippen LogP contribution in [0.3, 0.4) is 0 Å². The van der Waals surface area contributed by atoms with Crippen molar-refractivity contribution in [2.75, 3.05) is 0 Å². The van der Waals surface area contributed by atoms with Crippen molar-refractivity contribution in [3.63, 3.8) is 0 Å². The summed E-state index contributed by atoms with van der Waals surface area (Å²) in [5.74, 6) is 0. The van der Waals surface area contributed by atoms with E-state index in [-0.39, 0.29) is 122 Å². The fourth-order valence-corrected chi connectivity index (χ4v) is 0. The summed E-state index contributed by atoms with van der Waals surface area (Å²) in [6, 6.07) is 0. The van der Waals surface area contributed by atoms with Gasteiger partial charge in [-0.3, -0.25) is 0 Å². The van der Waals surface area contributed by atoms with Crippen LogP contribution in [0.5, 0.6) is 0 Å². The minimum Gasteiger partial charge on any atom is -2.00 e. The van der Waals surface area contributed by atoms with Crippen LogP contribution < -0.4 is 0 Å². The molecule has 0 aliphatic heterocycles. The molecule has 9 heavy (non-hydrogen) atoms. The summed E-state index contributed by atoms with van der Waals surface area (Å²) in [7, 11) is 0. The summed E-state index contributed by atoms with van der Waals surface area (Å²) >= 11 is 0. The molecular formula is Hg2O5Rh2. The first-order chi connectivity index (χ1) is 0. The second-order valence-corrected chi connectivity index (χ2v) is 0. The summed E-state index contributed by atoms with van der Waals surface area (Å²) in [5.41, 5.74) is 0. The molecular weight excluding hydrogens is 687 g/mol. The molecule has 0 aromatic rings. The zero-order valence-corrected chi connectivity index (χ0v) is 18.4. The molecule has 0 saturated heterocycles. The fourth-order valence-electron chi connectivity index (χ4n) is 0. The van der Waals surface area contributed by atoms with Gasteiger partial charge in [0.25, 0.3) is 0 Å². The van der Waals surface area contributed by atoms with Crippen molar-refractivity contribution in [2.45, 2.75) is 0 Å². The second kappa shape index (κ2) is 126. The Hall–Kier alpha value is 2.92. The van der Waals surface area contributed by atoms with Crippen molar-refractivity contribution in [3.8, 4) is 0 Å². The van der Waals surface area contributed by atoms with E-state index in [0.717, 1.165) is 0 Å². The van der Waals surface area contributed by atoms with E-state index >= 15 is 0 Å². The van der Waals surface area contributed by atoms with Gasteiger partial charge in [-0.2, -0.15) is 0 Å². The first-order valence-electron chi connectivity index (χ1n) is 0. The molecule has 0 aromatic heterocycles. The Morgan fingerprint density at radius 1 is 0.333 bits per heavy atom. The predicted molar refractivity (Wildman–Crippen MR) is 3.43 cm³/mol. The van der Waals surface area contributed by atoms with Crippen LogP contribution in [0.4, 0.5) is 0 Å². The van der Waals surface area contributed by atoms with Crippen molar-refractivity contribution in [1.82, 2.24) is 0 Å². The molecule has 0 unspecified atom stereocenters. The molecule has 5 nitrogen and oxygen atoms in total. The van der Waals surface area contributed by atoms with Crippen molar-refractivity contribution >= 4 is 0 Å². The second-order valence-electron chi connectivity index (χ2n) is 0. The topological polar surface area (TPSA) is 142 Å². The first-order valence-corrected chi connectivity index (χ1v) is 0. The molecule has 0 amide bonds. The first kappa shape index (κ1) is 167. The third-order valence-corrected chi connectivity index (χ3v) is 0. The molecule has 9 heteroatoms. The van der Waals surface area contributed by atoms with Gasteiger partial charge >= 0.3 is 94.3 Å². The van der Waals surface area contributed by atoms with Crippen LogP contribution in [0.15, 0.2) is 0 Å². The molecule has 0 rings (SSSR count). The summed E-state index contributed by atoms with van der Waals surface area (Å²) in [6.07, 6.45) is 0. The quantitative estimate of drug-likeness (QED) is 0.300. The van der Waals surface area contributed by atoms with Gasteiger partial charge in [0.1, 0.15) is 0 Å². The number of rotatable bonds is 0. The van der Waals surface area contributed by atoms with E-state index in [1.54, 1.807) is 0 Å². The molecule has 0 heterocycles. The van der Waals surface area contributed by atoms with Crippen molar-refractivity contribution < 1.29 is 122 Å². The normalized spacial score (nSPS) is 0.